The smallest absolute Gasteiger partial charge is 0.332 e. The Morgan fingerprint density at radius 1 is 1.03 bits per heavy atom. The second-order valence-corrected chi connectivity index (χ2v) is 8.57. The van der Waals surface area contributed by atoms with E-state index in [9.17, 15) is 14.4 Å². The van der Waals surface area contributed by atoms with Gasteiger partial charge in [0.2, 0.25) is 5.91 Å². The van der Waals surface area contributed by atoms with Crippen molar-refractivity contribution in [3.8, 4) is 5.75 Å². The summed E-state index contributed by atoms with van der Waals surface area (Å²) in [4.78, 5) is 43.1. The molecule has 4 amide bonds. The highest BCUT2D eigenvalue weighted by Gasteiger charge is 2.46. The molecule has 1 aliphatic heterocycles. The molecule has 0 unspecified atom stereocenters. The molecule has 2 aromatic carbocycles. The highest BCUT2D eigenvalue weighted by Crippen LogP contribution is 2.28. The zero-order valence-corrected chi connectivity index (χ0v) is 19.1. The van der Waals surface area contributed by atoms with E-state index in [-0.39, 0.29) is 18.2 Å². The van der Waals surface area contributed by atoms with Crippen LogP contribution in [0, 0.1) is 0 Å². The molecule has 33 heavy (non-hydrogen) atoms. The maximum absolute atomic E-state index is 13.3. The van der Waals surface area contributed by atoms with Gasteiger partial charge in [0.15, 0.2) is 0 Å². The van der Waals surface area contributed by atoms with Crippen molar-refractivity contribution in [3.05, 3.63) is 77.0 Å². The van der Waals surface area contributed by atoms with Gasteiger partial charge >= 0.3 is 6.03 Å². The van der Waals surface area contributed by atoms with Crippen molar-refractivity contribution in [1.82, 2.24) is 4.90 Å². The predicted molar refractivity (Wildman–Crippen MR) is 129 cm³/mol. The first-order valence-electron chi connectivity index (χ1n) is 10.8. The van der Waals surface area contributed by atoms with Crippen LogP contribution in [0.2, 0.25) is 0 Å². The van der Waals surface area contributed by atoms with Crippen molar-refractivity contribution in [2.75, 3.05) is 23.4 Å². The molecule has 0 radical (unpaired) electrons. The van der Waals surface area contributed by atoms with Crippen molar-refractivity contribution >= 4 is 40.6 Å². The molecule has 1 saturated heterocycles. The number of imide groups is 1. The van der Waals surface area contributed by atoms with Gasteiger partial charge in [-0.2, -0.15) is 0 Å². The van der Waals surface area contributed by atoms with Crippen molar-refractivity contribution in [3.63, 3.8) is 0 Å². The summed E-state index contributed by atoms with van der Waals surface area (Å²) < 4.78 is 5.42. The average molecular weight is 464 g/mol. The lowest BCUT2D eigenvalue weighted by Gasteiger charge is -2.21. The molecule has 1 fully saturated rings. The average Bonchev–Trinajstić information content (AvgIpc) is 3.41. The Balaban J connectivity index is 1.50. The molecular weight excluding hydrogens is 438 g/mol. The van der Waals surface area contributed by atoms with Gasteiger partial charge in [0.25, 0.3) is 5.91 Å². The number of hydrogen-bond acceptors (Lipinski definition) is 5. The Kier molecular flexibility index (Phi) is 7.04. The number of carbonyl (C=O) groups excluding carboxylic acids is 3. The number of carbonyl (C=O) groups is 3. The lowest BCUT2D eigenvalue weighted by atomic mass is 10.1. The quantitative estimate of drug-likeness (QED) is 0.472. The van der Waals surface area contributed by atoms with E-state index in [1.54, 1.807) is 59.9 Å². The third kappa shape index (κ3) is 5.23. The number of hydrogen-bond donors (Lipinski definition) is 1. The van der Waals surface area contributed by atoms with Gasteiger partial charge in [0.05, 0.1) is 18.7 Å². The van der Waals surface area contributed by atoms with E-state index in [4.69, 9.17) is 4.74 Å². The molecule has 3 aromatic rings. The van der Waals surface area contributed by atoms with Gasteiger partial charge in [0.1, 0.15) is 11.8 Å². The molecule has 2 heterocycles. The second-order valence-electron chi connectivity index (χ2n) is 7.54. The van der Waals surface area contributed by atoms with Crippen LogP contribution >= 0.6 is 11.3 Å². The summed E-state index contributed by atoms with van der Waals surface area (Å²) in [6, 6.07) is 18.5. The number of benzene rings is 2. The Morgan fingerprint density at radius 2 is 1.79 bits per heavy atom. The van der Waals surface area contributed by atoms with Crippen LogP contribution in [0.25, 0.3) is 0 Å². The molecule has 1 N–H and O–H groups in total. The highest BCUT2D eigenvalue weighted by molar-refractivity contribution is 7.09. The van der Waals surface area contributed by atoms with E-state index in [0.717, 1.165) is 4.88 Å². The number of nitrogens with zero attached hydrogens (tertiary/aromatic N) is 2. The number of amides is 4. The van der Waals surface area contributed by atoms with Crippen LogP contribution in [0.1, 0.15) is 18.2 Å². The fourth-order valence-electron chi connectivity index (χ4n) is 3.78. The van der Waals surface area contributed by atoms with Gasteiger partial charge < -0.3 is 15.0 Å². The number of anilines is 2. The van der Waals surface area contributed by atoms with E-state index in [0.29, 0.717) is 36.7 Å². The summed E-state index contributed by atoms with van der Waals surface area (Å²) in [5.74, 6) is -0.00844. The summed E-state index contributed by atoms with van der Waals surface area (Å²) in [5.41, 5.74) is 1.10. The summed E-state index contributed by atoms with van der Waals surface area (Å²) in [6.45, 7) is 2.82. The minimum atomic E-state index is -0.861. The van der Waals surface area contributed by atoms with Gasteiger partial charge in [-0.3, -0.25) is 9.59 Å². The normalized spacial score (nSPS) is 15.7. The third-order valence-electron chi connectivity index (χ3n) is 5.34. The van der Waals surface area contributed by atoms with Crippen molar-refractivity contribution in [2.45, 2.75) is 25.8 Å². The molecule has 7 nitrogen and oxygen atoms in total. The van der Waals surface area contributed by atoms with Crippen LogP contribution in [0.5, 0.6) is 5.75 Å². The summed E-state index contributed by atoms with van der Waals surface area (Å²) in [7, 11) is 0. The van der Waals surface area contributed by atoms with Crippen LogP contribution in [-0.4, -0.2) is 41.9 Å². The fraction of sp³-hybridized carbons (Fsp3) is 0.240. The molecule has 0 bridgehead atoms. The van der Waals surface area contributed by atoms with Crippen LogP contribution in [-0.2, 0) is 16.0 Å². The number of rotatable bonds is 9. The van der Waals surface area contributed by atoms with Gasteiger partial charge in [-0.05, 0) is 61.2 Å². The highest BCUT2D eigenvalue weighted by atomic mass is 32.1. The fourth-order valence-corrected chi connectivity index (χ4v) is 4.47. The minimum absolute atomic E-state index is 0.119. The molecule has 8 heteroatoms. The summed E-state index contributed by atoms with van der Waals surface area (Å²) in [6.07, 6.45) is 0.502. The Labute approximate surface area is 196 Å². The SMILES string of the molecule is CCOc1ccc(NC(=O)C[C@H]2C(=O)N(c3ccccc3)C(=O)N2CCc2cccs2)cc1. The Hall–Kier alpha value is -3.65. The third-order valence-corrected chi connectivity index (χ3v) is 6.28. The maximum Gasteiger partial charge on any atom is 0.332 e. The van der Waals surface area contributed by atoms with E-state index >= 15 is 0 Å². The lowest BCUT2D eigenvalue weighted by molar-refractivity contribution is -0.124. The summed E-state index contributed by atoms with van der Waals surface area (Å²) in [5, 5.41) is 4.79. The zero-order valence-electron chi connectivity index (χ0n) is 18.3. The van der Waals surface area contributed by atoms with Crippen molar-refractivity contribution < 1.29 is 19.1 Å². The first-order chi connectivity index (χ1) is 16.1. The van der Waals surface area contributed by atoms with Gasteiger partial charge in [0, 0.05) is 17.1 Å². The topological polar surface area (TPSA) is 79.0 Å². The number of para-hydroxylation sites is 1. The molecule has 1 aromatic heterocycles. The van der Waals surface area contributed by atoms with Crippen LogP contribution < -0.4 is 15.0 Å². The Morgan fingerprint density at radius 3 is 2.45 bits per heavy atom. The van der Waals surface area contributed by atoms with Crippen LogP contribution in [0.15, 0.2) is 72.1 Å². The number of nitrogens with one attached hydrogen (secondary N) is 1. The molecule has 1 atom stereocenters. The lowest BCUT2D eigenvalue weighted by Crippen LogP contribution is -2.39. The minimum Gasteiger partial charge on any atom is -0.494 e. The molecule has 4 rings (SSSR count). The van der Waals surface area contributed by atoms with Crippen LogP contribution in [0.3, 0.4) is 0 Å². The predicted octanol–water partition coefficient (Wildman–Crippen LogP) is 4.56. The second kappa shape index (κ2) is 10.3. The number of ether oxygens (including phenoxy) is 1. The van der Waals surface area contributed by atoms with E-state index in [1.165, 1.54) is 9.80 Å². The molecule has 1 aliphatic rings. The zero-order chi connectivity index (χ0) is 23.2. The standard InChI is InChI=1S/C25H25N3O4S/c1-2-32-20-12-10-18(11-13-20)26-23(29)17-22-24(30)28(19-7-4-3-5-8-19)25(31)27(22)15-14-21-9-6-16-33-21/h3-13,16,22H,2,14-15,17H2,1H3,(H,26,29)/t22-/m0/s1. The van der Waals surface area contributed by atoms with Crippen molar-refractivity contribution in [1.29, 1.82) is 0 Å². The first kappa shape index (κ1) is 22.5. The number of thiophene rings is 1. The van der Waals surface area contributed by atoms with Gasteiger partial charge in [-0.15, -0.1) is 11.3 Å². The monoisotopic (exact) mass is 463 g/mol. The summed E-state index contributed by atoms with van der Waals surface area (Å²) >= 11 is 1.60. The Bertz CT molecular complexity index is 1100. The van der Waals surface area contributed by atoms with Gasteiger partial charge in [-0.25, -0.2) is 9.69 Å². The molecule has 170 valence electrons. The van der Waals surface area contributed by atoms with E-state index in [1.807, 2.05) is 30.5 Å². The molecule has 0 aliphatic carbocycles. The first-order valence-corrected chi connectivity index (χ1v) is 11.7. The van der Waals surface area contributed by atoms with E-state index in [2.05, 4.69) is 5.32 Å². The molecular formula is C25H25N3O4S. The molecule has 0 spiro atoms. The van der Waals surface area contributed by atoms with Crippen molar-refractivity contribution in [2.24, 2.45) is 0 Å². The molecule has 0 saturated carbocycles. The maximum atomic E-state index is 13.3. The largest absolute Gasteiger partial charge is 0.494 e. The number of urea groups is 1. The van der Waals surface area contributed by atoms with Gasteiger partial charge in [-0.1, -0.05) is 24.3 Å². The van der Waals surface area contributed by atoms with E-state index < -0.39 is 12.1 Å². The van der Waals surface area contributed by atoms with Crippen LogP contribution in [0.4, 0.5) is 16.2 Å².